The summed E-state index contributed by atoms with van der Waals surface area (Å²) < 4.78 is 0. The fourth-order valence-corrected chi connectivity index (χ4v) is 3.15. The van der Waals surface area contributed by atoms with Crippen molar-refractivity contribution >= 4 is 35.9 Å². The predicted molar refractivity (Wildman–Crippen MR) is 123 cm³/mol. The number of hydrogen-bond acceptors (Lipinski definition) is 8. The summed E-state index contributed by atoms with van der Waals surface area (Å²) in [7, 11) is 0. The van der Waals surface area contributed by atoms with Gasteiger partial charge < -0.3 is 41.4 Å². The molecule has 0 rings (SSSR count). The topological polar surface area (TPSA) is 211 Å². The summed E-state index contributed by atoms with van der Waals surface area (Å²) in [6, 6.07) is -4.70. The van der Waals surface area contributed by atoms with Crippen LogP contribution in [-0.4, -0.2) is 81.7 Å². The molecule has 7 N–H and O–H groups in total. The summed E-state index contributed by atoms with van der Waals surface area (Å²) in [6.07, 6.45) is -2.13. The van der Waals surface area contributed by atoms with Crippen molar-refractivity contribution in [3.8, 4) is 0 Å². The maximum Gasteiger partial charge on any atom is 0.305 e. The van der Waals surface area contributed by atoms with Crippen molar-refractivity contribution in [2.45, 2.75) is 90.8 Å². The summed E-state index contributed by atoms with van der Waals surface area (Å²) in [6.45, 7) is 8.04. The van der Waals surface area contributed by atoms with Gasteiger partial charge in [0.1, 0.15) is 24.4 Å². The molecule has 0 radical (unpaired) electrons. The number of rotatable bonds is 16. The van der Waals surface area contributed by atoms with Crippen molar-refractivity contribution in [1.82, 2.24) is 21.3 Å². The van der Waals surface area contributed by atoms with Crippen molar-refractivity contribution in [1.29, 1.82) is 0 Å². The van der Waals surface area contributed by atoms with Crippen molar-refractivity contribution in [3.63, 3.8) is 0 Å². The van der Waals surface area contributed by atoms with Crippen LogP contribution >= 0.6 is 0 Å². The van der Waals surface area contributed by atoms with Gasteiger partial charge in [0.05, 0.1) is 12.5 Å². The molecule has 0 aliphatic rings. The molecule has 5 atom stereocenters. The molecule has 0 saturated heterocycles. The number of carbonyl (C=O) groups excluding carboxylic acids is 5. The van der Waals surface area contributed by atoms with E-state index in [2.05, 4.69) is 21.3 Å². The van der Waals surface area contributed by atoms with Crippen LogP contribution in [0.2, 0.25) is 0 Å². The average Bonchev–Trinajstić information content (AvgIpc) is 2.76. The Labute approximate surface area is 204 Å². The largest absolute Gasteiger partial charge is 0.481 e. The van der Waals surface area contributed by atoms with E-state index in [0.717, 1.165) is 0 Å². The molecule has 0 aliphatic carbocycles. The molecule has 0 bridgehead atoms. The summed E-state index contributed by atoms with van der Waals surface area (Å²) in [5.74, 6) is -4.75. The minimum atomic E-state index is -1.75. The van der Waals surface area contributed by atoms with Crippen LogP contribution in [0.3, 0.4) is 0 Å². The molecule has 200 valence electrons. The second-order valence-electron chi connectivity index (χ2n) is 8.76. The summed E-state index contributed by atoms with van der Waals surface area (Å²) in [5, 5.41) is 37.1. The summed E-state index contributed by atoms with van der Waals surface area (Å²) in [4.78, 5) is 72.1. The number of aliphatic carboxylic acids is 1. The SMILES string of the molecule is CC[C@H](C)[C@H](NC(=O)[C@H](CCC(O)O)NC(=O)[C@@H](NC(C)=O)C(C)C)C(=O)N[C@H](C=O)CC(=O)O. The Hall–Kier alpha value is -3.06. The van der Waals surface area contributed by atoms with Crippen molar-refractivity contribution < 1.29 is 44.1 Å². The first kappa shape index (κ1) is 31.9. The van der Waals surface area contributed by atoms with Gasteiger partial charge in [-0.2, -0.15) is 0 Å². The molecule has 0 aromatic carbocycles. The molecule has 0 heterocycles. The second kappa shape index (κ2) is 15.8. The van der Waals surface area contributed by atoms with E-state index >= 15 is 0 Å². The van der Waals surface area contributed by atoms with Crippen molar-refractivity contribution in [2.75, 3.05) is 0 Å². The molecule has 0 aromatic heterocycles. The van der Waals surface area contributed by atoms with E-state index < -0.39 is 72.4 Å². The first-order valence-electron chi connectivity index (χ1n) is 11.4. The molecule has 4 amide bonds. The predicted octanol–water partition coefficient (Wildman–Crippen LogP) is -1.59. The average molecular weight is 503 g/mol. The Morgan fingerprint density at radius 1 is 0.829 bits per heavy atom. The zero-order valence-corrected chi connectivity index (χ0v) is 20.7. The van der Waals surface area contributed by atoms with Crippen molar-refractivity contribution in [3.05, 3.63) is 0 Å². The minimum absolute atomic E-state index is 0.190. The maximum absolute atomic E-state index is 13.1. The van der Waals surface area contributed by atoms with Crippen LogP contribution in [-0.2, 0) is 28.8 Å². The third-order valence-corrected chi connectivity index (χ3v) is 5.33. The molecule has 0 spiro atoms. The van der Waals surface area contributed by atoms with Gasteiger partial charge in [-0.1, -0.05) is 34.1 Å². The van der Waals surface area contributed by atoms with Crippen molar-refractivity contribution in [2.24, 2.45) is 11.8 Å². The molecule has 0 aromatic rings. The zero-order chi connectivity index (χ0) is 27.3. The summed E-state index contributed by atoms with van der Waals surface area (Å²) in [5.41, 5.74) is 0. The Morgan fingerprint density at radius 3 is 1.83 bits per heavy atom. The lowest BCUT2D eigenvalue weighted by Gasteiger charge is -2.29. The van der Waals surface area contributed by atoms with Crippen LogP contribution in [0.25, 0.3) is 0 Å². The van der Waals surface area contributed by atoms with Gasteiger partial charge in [0.15, 0.2) is 6.29 Å². The molecular weight excluding hydrogens is 464 g/mol. The van der Waals surface area contributed by atoms with E-state index in [1.54, 1.807) is 27.7 Å². The number of nitrogens with one attached hydrogen (secondary N) is 4. The molecule has 0 unspecified atom stereocenters. The molecule has 13 nitrogen and oxygen atoms in total. The quantitative estimate of drug-likeness (QED) is 0.0956. The number of aliphatic hydroxyl groups excluding tert-OH is 1. The fraction of sp³-hybridized carbons (Fsp3) is 0.727. The van der Waals surface area contributed by atoms with Gasteiger partial charge in [0, 0.05) is 13.3 Å². The number of aldehydes is 1. The maximum atomic E-state index is 13.1. The summed E-state index contributed by atoms with van der Waals surface area (Å²) >= 11 is 0. The Kier molecular flexibility index (Phi) is 14.4. The van der Waals surface area contributed by atoms with Gasteiger partial charge in [0.25, 0.3) is 0 Å². The minimum Gasteiger partial charge on any atom is -0.481 e. The lowest BCUT2D eigenvalue weighted by atomic mass is 9.96. The molecule has 0 aliphatic heterocycles. The van der Waals surface area contributed by atoms with Crippen LogP contribution in [0.5, 0.6) is 0 Å². The van der Waals surface area contributed by atoms with Crippen LogP contribution < -0.4 is 21.3 Å². The van der Waals surface area contributed by atoms with E-state index in [0.29, 0.717) is 6.42 Å². The van der Waals surface area contributed by atoms with Gasteiger partial charge in [0.2, 0.25) is 23.6 Å². The van der Waals surface area contributed by atoms with Crippen LogP contribution in [0.15, 0.2) is 0 Å². The van der Waals surface area contributed by atoms with E-state index in [9.17, 15) is 39.0 Å². The molecular formula is C22H38N4O9. The standard InChI is InChI=1S/C22H38N4O9/c1-6-12(4)19(22(35)24-14(10-27)9-17(31)32)26-20(33)15(7-8-16(29)30)25-21(34)18(11(2)3)23-13(5)28/h10-12,14-16,18-19,29-30H,6-9H2,1-5H3,(H,23,28)(H,24,35)(H,25,34)(H,26,33)(H,31,32)/t12-,14-,15-,18-,19-/m0/s1. The molecule has 0 saturated carbocycles. The highest BCUT2D eigenvalue weighted by Gasteiger charge is 2.33. The van der Waals surface area contributed by atoms with Gasteiger partial charge >= 0.3 is 5.97 Å². The van der Waals surface area contributed by atoms with Gasteiger partial charge in [-0.05, 0) is 18.3 Å². The monoisotopic (exact) mass is 502 g/mol. The first-order valence-corrected chi connectivity index (χ1v) is 11.4. The zero-order valence-electron chi connectivity index (χ0n) is 20.7. The van der Waals surface area contributed by atoms with Gasteiger partial charge in [-0.25, -0.2) is 0 Å². The third kappa shape index (κ3) is 12.3. The smallest absolute Gasteiger partial charge is 0.305 e. The fourth-order valence-electron chi connectivity index (χ4n) is 3.15. The van der Waals surface area contributed by atoms with Gasteiger partial charge in [-0.3, -0.25) is 24.0 Å². The van der Waals surface area contributed by atoms with Crippen LogP contribution in [0, 0.1) is 11.8 Å². The number of carboxylic acids is 1. The number of carbonyl (C=O) groups is 6. The molecule has 35 heavy (non-hydrogen) atoms. The number of carboxylic acid groups (broad SMARTS) is 1. The van der Waals surface area contributed by atoms with Crippen LogP contribution in [0.4, 0.5) is 0 Å². The van der Waals surface area contributed by atoms with E-state index in [1.165, 1.54) is 6.92 Å². The van der Waals surface area contributed by atoms with Gasteiger partial charge in [-0.15, -0.1) is 0 Å². The first-order chi connectivity index (χ1) is 16.2. The lowest BCUT2D eigenvalue weighted by Crippen LogP contribution is -2.59. The Morgan fingerprint density at radius 2 is 1.40 bits per heavy atom. The Balaban J connectivity index is 5.72. The van der Waals surface area contributed by atoms with E-state index in [1.807, 2.05) is 0 Å². The lowest BCUT2D eigenvalue weighted by molar-refractivity contribution is -0.139. The highest BCUT2D eigenvalue weighted by molar-refractivity contribution is 5.94. The molecule has 13 heteroatoms. The third-order valence-electron chi connectivity index (χ3n) is 5.33. The number of aliphatic hydroxyl groups is 2. The molecule has 0 fully saturated rings. The highest BCUT2D eigenvalue weighted by Crippen LogP contribution is 2.11. The second-order valence-corrected chi connectivity index (χ2v) is 8.76. The highest BCUT2D eigenvalue weighted by atomic mass is 16.5. The van der Waals surface area contributed by atoms with Crippen LogP contribution in [0.1, 0.15) is 60.3 Å². The normalized spacial score (nSPS) is 15.3. The number of hydrogen-bond donors (Lipinski definition) is 7. The van der Waals surface area contributed by atoms with E-state index in [4.69, 9.17) is 5.11 Å². The number of amides is 4. The Bertz CT molecular complexity index is 757. The van der Waals surface area contributed by atoms with E-state index in [-0.39, 0.29) is 25.0 Å².